The molecule has 1 rings (SSSR count). The molecule has 0 aromatic carbocycles. The minimum atomic E-state index is 0.546. The van der Waals surface area contributed by atoms with Crippen LogP contribution in [0.2, 0.25) is 0 Å². The number of hydrogen-bond donors (Lipinski definition) is 1. The van der Waals surface area contributed by atoms with Crippen LogP contribution in [0.1, 0.15) is 43.2 Å². The van der Waals surface area contributed by atoms with Crippen LogP contribution in [0, 0.1) is 12.8 Å². The summed E-state index contributed by atoms with van der Waals surface area (Å²) in [6, 6.07) is 2.76. The van der Waals surface area contributed by atoms with Gasteiger partial charge in [0.2, 0.25) is 0 Å². The summed E-state index contributed by atoms with van der Waals surface area (Å²) in [6.07, 6.45) is 2.50. The summed E-state index contributed by atoms with van der Waals surface area (Å²) in [6.45, 7) is 6.77. The fraction of sp³-hybridized carbons (Fsp3) is 0.667. The molecule has 1 nitrogen and oxygen atoms in total. The highest BCUT2D eigenvalue weighted by atomic mass is 32.1. The van der Waals surface area contributed by atoms with E-state index in [4.69, 9.17) is 0 Å². The zero-order chi connectivity index (χ0) is 10.6. The third-order valence-corrected chi connectivity index (χ3v) is 4.12. The lowest BCUT2D eigenvalue weighted by molar-refractivity contribution is 0.363. The molecule has 0 saturated heterocycles. The largest absolute Gasteiger partial charge is 0.312 e. The maximum absolute atomic E-state index is 3.46. The van der Waals surface area contributed by atoms with Crippen molar-refractivity contribution in [3.05, 3.63) is 21.9 Å². The van der Waals surface area contributed by atoms with Crippen molar-refractivity contribution in [2.24, 2.45) is 5.92 Å². The first-order chi connectivity index (χ1) is 6.74. The Morgan fingerprint density at radius 3 is 2.36 bits per heavy atom. The van der Waals surface area contributed by atoms with Crippen molar-refractivity contribution < 1.29 is 0 Å². The van der Waals surface area contributed by atoms with Gasteiger partial charge in [0.15, 0.2) is 0 Å². The van der Waals surface area contributed by atoms with Gasteiger partial charge < -0.3 is 5.32 Å². The molecule has 2 heteroatoms. The zero-order valence-electron chi connectivity index (χ0n) is 9.63. The van der Waals surface area contributed by atoms with E-state index in [2.05, 4.69) is 44.6 Å². The van der Waals surface area contributed by atoms with Gasteiger partial charge in [0.25, 0.3) is 0 Å². The molecule has 14 heavy (non-hydrogen) atoms. The molecule has 0 saturated carbocycles. The molecule has 0 aliphatic heterocycles. The average molecular weight is 211 g/mol. The van der Waals surface area contributed by atoms with E-state index in [1.807, 2.05) is 11.3 Å². The highest BCUT2D eigenvalue weighted by molar-refractivity contribution is 7.10. The molecule has 0 amide bonds. The molecule has 0 spiro atoms. The summed E-state index contributed by atoms with van der Waals surface area (Å²) < 4.78 is 0. The standard InChI is InChI=1S/C12H21NS/c1-5-10(6-2)11(13-4)12-9(3)7-8-14-12/h7-8,10-11,13H,5-6H2,1-4H3. The Labute approximate surface area is 91.5 Å². The van der Waals surface area contributed by atoms with Gasteiger partial charge >= 0.3 is 0 Å². The van der Waals surface area contributed by atoms with Gasteiger partial charge in [-0.05, 0) is 36.9 Å². The molecule has 0 aliphatic rings. The predicted molar refractivity (Wildman–Crippen MR) is 64.9 cm³/mol. The van der Waals surface area contributed by atoms with E-state index >= 15 is 0 Å². The van der Waals surface area contributed by atoms with E-state index in [1.165, 1.54) is 23.3 Å². The zero-order valence-corrected chi connectivity index (χ0v) is 10.4. The smallest absolute Gasteiger partial charge is 0.0443 e. The molecule has 1 aromatic heterocycles. The molecule has 1 N–H and O–H groups in total. The first kappa shape index (κ1) is 11.7. The lowest BCUT2D eigenvalue weighted by atomic mass is 9.92. The summed E-state index contributed by atoms with van der Waals surface area (Å²) in [5, 5.41) is 5.65. The van der Waals surface area contributed by atoms with Crippen molar-refractivity contribution >= 4 is 11.3 Å². The topological polar surface area (TPSA) is 12.0 Å². The Bertz CT molecular complexity index is 263. The maximum Gasteiger partial charge on any atom is 0.0443 e. The van der Waals surface area contributed by atoms with E-state index in [1.54, 1.807) is 0 Å². The average Bonchev–Trinajstić information content (AvgIpc) is 2.61. The van der Waals surface area contributed by atoms with Gasteiger partial charge in [-0.3, -0.25) is 0 Å². The molecule has 0 fully saturated rings. The summed E-state index contributed by atoms with van der Waals surface area (Å²) in [5.41, 5.74) is 1.43. The fourth-order valence-electron chi connectivity index (χ4n) is 2.04. The Balaban J connectivity index is 2.86. The second-order valence-electron chi connectivity index (χ2n) is 3.81. The quantitative estimate of drug-likeness (QED) is 0.782. The highest BCUT2D eigenvalue weighted by Gasteiger charge is 2.20. The van der Waals surface area contributed by atoms with E-state index in [0.717, 1.165) is 5.92 Å². The van der Waals surface area contributed by atoms with Crippen molar-refractivity contribution in [1.82, 2.24) is 5.32 Å². The number of rotatable bonds is 5. The summed E-state index contributed by atoms with van der Waals surface area (Å²) in [4.78, 5) is 1.52. The van der Waals surface area contributed by atoms with Crippen LogP contribution in [-0.4, -0.2) is 7.05 Å². The molecule has 1 aromatic rings. The maximum atomic E-state index is 3.46. The number of thiophene rings is 1. The van der Waals surface area contributed by atoms with Crippen molar-refractivity contribution in [3.8, 4) is 0 Å². The van der Waals surface area contributed by atoms with E-state index < -0.39 is 0 Å². The lowest BCUT2D eigenvalue weighted by Crippen LogP contribution is -2.24. The number of nitrogens with one attached hydrogen (secondary N) is 1. The van der Waals surface area contributed by atoms with Gasteiger partial charge in [-0.15, -0.1) is 11.3 Å². The number of hydrogen-bond acceptors (Lipinski definition) is 2. The molecule has 0 aliphatic carbocycles. The fourth-order valence-corrected chi connectivity index (χ4v) is 3.17. The molecular weight excluding hydrogens is 190 g/mol. The van der Waals surface area contributed by atoms with E-state index in [0.29, 0.717) is 6.04 Å². The predicted octanol–water partition coefficient (Wildman–Crippen LogP) is 3.75. The normalized spacial score (nSPS) is 13.5. The lowest BCUT2D eigenvalue weighted by Gasteiger charge is -2.24. The van der Waals surface area contributed by atoms with Gasteiger partial charge in [-0.25, -0.2) is 0 Å². The first-order valence-corrected chi connectivity index (χ1v) is 6.33. The van der Waals surface area contributed by atoms with Gasteiger partial charge in [-0.1, -0.05) is 26.7 Å². The Hall–Kier alpha value is -0.340. The SMILES string of the molecule is CCC(CC)C(NC)c1sccc1C. The molecule has 1 unspecified atom stereocenters. The van der Waals surface area contributed by atoms with Crippen molar-refractivity contribution in [3.63, 3.8) is 0 Å². The van der Waals surface area contributed by atoms with Gasteiger partial charge in [0.05, 0.1) is 0 Å². The van der Waals surface area contributed by atoms with E-state index in [9.17, 15) is 0 Å². The second-order valence-corrected chi connectivity index (χ2v) is 4.76. The summed E-state index contributed by atoms with van der Waals surface area (Å²) >= 11 is 1.88. The van der Waals surface area contributed by atoms with Crippen LogP contribution in [0.25, 0.3) is 0 Å². The Morgan fingerprint density at radius 2 is 2.00 bits per heavy atom. The van der Waals surface area contributed by atoms with Crippen LogP contribution in [-0.2, 0) is 0 Å². The van der Waals surface area contributed by atoms with Crippen LogP contribution >= 0.6 is 11.3 Å². The van der Waals surface area contributed by atoms with Crippen LogP contribution in [0.3, 0.4) is 0 Å². The monoisotopic (exact) mass is 211 g/mol. The summed E-state index contributed by atoms with van der Waals surface area (Å²) in [5.74, 6) is 0.761. The van der Waals surface area contributed by atoms with Crippen LogP contribution in [0.15, 0.2) is 11.4 Å². The van der Waals surface area contributed by atoms with Crippen LogP contribution < -0.4 is 5.32 Å². The minimum Gasteiger partial charge on any atom is -0.312 e. The molecule has 0 bridgehead atoms. The summed E-state index contributed by atoms with van der Waals surface area (Å²) in [7, 11) is 2.07. The third kappa shape index (κ3) is 2.37. The molecule has 0 radical (unpaired) electrons. The van der Waals surface area contributed by atoms with Gasteiger partial charge in [-0.2, -0.15) is 0 Å². The molecule has 1 heterocycles. The number of aryl methyl sites for hydroxylation is 1. The van der Waals surface area contributed by atoms with Gasteiger partial charge in [0, 0.05) is 10.9 Å². The Kier molecular flexibility index (Phi) is 4.63. The highest BCUT2D eigenvalue weighted by Crippen LogP contribution is 2.32. The minimum absolute atomic E-state index is 0.546. The molecule has 1 atom stereocenters. The van der Waals surface area contributed by atoms with Crippen LogP contribution in [0.5, 0.6) is 0 Å². The van der Waals surface area contributed by atoms with Crippen LogP contribution in [0.4, 0.5) is 0 Å². The molecular formula is C12H21NS. The van der Waals surface area contributed by atoms with Crippen molar-refractivity contribution in [1.29, 1.82) is 0 Å². The first-order valence-electron chi connectivity index (χ1n) is 5.45. The van der Waals surface area contributed by atoms with E-state index in [-0.39, 0.29) is 0 Å². The van der Waals surface area contributed by atoms with Crippen molar-refractivity contribution in [2.75, 3.05) is 7.05 Å². The van der Waals surface area contributed by atoms with Crippen molar-refractivity contribution in [2.45, 2.75) is 39.7 Å². The third-order valence-electron chi connectivity index (χ3n) is 3.02. The molecule has 80 valence electrons. The van der Waals surface area contributed by atoms with Gasteiger partial charge in [0.1, 0.15) is 0 Å². The second kappa shape index (κ2) is 5.52. The Morgan fingerprint density at radius 1 is 1.36 bits per heavy atom.